The molecule has 2 fully saturated rings. The van der Waals surface area contributed by atoms with Gasteiger partial charge in [-0.3, -0.25) is 10.1 Å². The molecule has 7 nitrogen and oxygen atoms in total. The first-order chi connectivity index (χ1) is 13.8. The minimum atomic E-state index is 0.747. The maximum Gasteiger partial charge on any atom is 0.131 e. The molecule has 2 saturated heterocycles. The van der Waals surface area contributed by atoms with Gasteiger partial charge in [-0.2, -0.15) is 5.10 Å². The number of aromatic nitrogens is 4. The Labute approximate surface area is 164 Å². The van der Waals surface area contributed by atoms with Crippen molar-refractivity contribution in [3.63, 3.8) is 0 Å². The summed E-state index contributed by atoms with van der Waals surface area (Å²) >= 11 is 0. The molecular weight excluding hydrogens is 352 g/mol. The minimum absolute atomic E-state index is 0.747. The van der Waals surface area contributed by atoms with Gasteiger partial charge in [-0.25, -0.2) is 4.98 Å². The van der Waals surface area contributed by atoms with Gasteiger partial charge in [-0.05, 0) is 30.9 Å². The van der Waals surface area contributed by atoms with Crippen LogP contribution in [0.2, 0.25) is 0 Å². The largest absolute Gasteiger partial charge is 0.378 e. The Bertz CT molecular complexity index is 943. The lowest BCUT2D eigenvalue weighted by atomic mass is 9.98. The first-order valence-corrected chi connectivity index (χ1v) is 10.2. The highest BCUT2D eigenvalue weighted by atomic mass is 16.5. The van der Waals surface area contributed by atoms with Gasteiger partial charge >= 0.3 is 0 Å². The third-order valence-electron chi connectivity index (χ3n) is 5.91. The Morgan fingerprint density at radius 3 is 2.61 bits per heavy atom. The summed E-state index contributed by atoms with van der Waals surface area (Å²) in [6, 6.07) is 6.31. The molecule has 0 saturated carbocycles. The summed E-state index contributed by atoms with van der Waals surface area (Å²) < 4.78 is 5.54. The standard InChI is InChI=1S/C21H26N6O/c1-15-4-8-26(9-5-15)18-14-19(27-10-12-28-13-11-27)24-20-16(18)2-6-22-21(20)17-3-7-23-25-17/h2-3,6-7,14-15H,4-5,8-13H2,1H3,(H,23,25). The van der Waals surface area contributed by atoms with E-state index in [1.807, 2.05) is 12.3 Å². The van der Waals surface area contributed by atoms with Gasteiger partial charge in [0.25, 0.3) is 0 Å². The average Bonchev–Trinajstić information content (AvgIpc) is 3.28. The molecule has 0 aliphatic carbocycles. The maximum absolute atomic E-state index is 5.54. The van der Waals surface area contributed by atoms with Crippen LogP contribution in [0.25, 0.3) is 22.3 Å². The molecule has 5 heterocycles. The van der Waals surface area contributed by atoms with Crippen LogP contribution in [0.15, 0.2) is 30.6 Å². The summed E-state index contributed by atoms with van der Waals surface area (Å²) in [6.07, 6.45) is 6.10. The third-order valence-corrected chi connectivity index (χ3v) is 5.91. The van der Waals surface area contributed by atoms with Crippen LogP contribution in [0.1, 0.15) is 19.8 Å². The first-order valence-electron chi connectivity index (χ1n) is 10.2. The summed E-state index contributed by atoms with van der Waals surface area (Å²) in [7, 11) is 0. The highest BCUT2D eigenvalue weighted by Crippen LogP contribution is 2.35. The monoisotopic (exact) mass is 378 g/mol. The van der Waals surface area contributed by atoms with Crippen molar-refractivity contribution in [2.24, 2.45) is 5.92 Å². The van der Waals surface area contributed by atoms with Crippen LogP contribution in [0.4, 0.5) is 11.5 Å². The number of morpholine rings is 1. The summed E-state index contributed by atoms with van der Waals surface area (Å²) in [6.45, 7) is 7.76. The van der Waals surface area contributed by atoms with Crippen LogP contribution in [-0.2, 0) is 4.74 Å². The molecule has 0 radical (unpaired) electrons. The Hall–Kier alpha value is -2.67. The van der Waals surface area contributed by atoms with Gasteiger partial charge in [0.05, 0.1) is 18.9 Å². The predicted molar refractivity (Wildman–Crippen MR) is 111 cm³/mol. The van der Waals surface area contributed by atoms with Crippen LogP contribution in [-0.4, -0.2) is 59.6 Å². The number of rotatable bonds is 3. The molecule has 0 atom stereocenters. The second-order valence-corrected chi connectivity index (χ2v) is 7.79. The Morgan fingerprint density at radius 2 is 1.86 bits per heavy atom. The minimum Gasteiger partial charge on any atom is -0.378 e. The molecule has 7 heteroatoms. The first kappa shape index (κ1) is 17.4. The molecule has 146 valence electrons. The number of piperidine rings is 1. The topological polar surface area (TPSA) is 70.2 Å². The normalized spacial score (nSPS) is 18.8. The fourth-order valence-corrected chi connectivity index (χ4v) is 4.17. The molecule has 2 aliphatic rings. The number of nitrogens with one attached hydrogen (secondary N) is 1. The number of pyridine rings is 2. The smallest absolute Gasteiger partial charge is 0.131 e. The van der Waals surface area contributed by atoms with E-state index in [1.165, 1.54) is 18.5 Å². The molecular formula is C21H26N6O. The summed E-state index contributed by atoms with van der Waals surface area (Å²) in [4.78, 5) is 14.5. The number of aromatic amines is 1. The van der Waals surface area contributed by atoms with Crippen molar-refractivity contribution in [1.29, 1.82) is 0 Å². The van der Waals surface area contributed by atoms with Crippen molar-refractivity contribution in [3.8, 4) is 11.4 Å². The molecule has 0 bridgehead atoms. The fraction of sp³-hybridized carbons (Fsp3) is 0.476. The van der Waals surface area contributed by atoms with Crippen molar-refractivity contribution >= 4 is 22.4 Å². The van der Waals surface area contributed by atoms with Gasteiger partial charge in [0.2, 0.25) is 0 Å². The number of fused-ring (bicyclic) bond motifs is 1. The second kappa shape index (κ2) is 7.39. The molecule has 2 aliphatic heterocycles. The lowest BCUT2D eigenvalue weighted by Gasteiger charge is -2.34. The van der Waals surface area contributed by atoms with E-state index in [0.717, 1.165) is 73.4 Å². The summed E-state index contributed by atoms with van der Waals surface area (Å²) in [5.41, 5.74) is 3.96. The molecule has 0 unspecified atom stereocenters. The third kappa shape index (κ3) is 3.20. The summed E-state index contributed by atoms with van der Waals surface area (Å²) in [5.74, 6) is 1.81. The number of ether oxygens (including phenoxy) is 1. The molecule has 0 spiro atoms. The molecule has 1 N–H and O–H groups in total. The van der Waals surface area contributed by atoms with Gasteiger partial charge in [0.1, 0.15) is 17.0 Å². The second-order valence-electron chi connectivity index (χ2n) is 7.79. The lowest BCUT2D eigenvalue weighted by Crippen LogP contribution is -2.37. The van der Waals surface area contributed by atoms with Crippen molar-refractivity contribution in [3.05, 3.63) is 30.6 Å². The van der Waals surface area contributed by atoms with Crippen LogP contribution in [0, 0.1) is 5.92 Å². The number of anilines is 2. The van der Waals surface area contributed by atoms with Crippen LogP contribution in [0.3, 0.4) is 0 Å². The van der Waals surface area contributed by atoms with Crippen LogP contribution < -0.4 is 9.80 Å². The van der Waals surface area contributed by atoms with Gasteiger partial charge in [-0.15, -0.1) is 0 Å². The Morgan fingerprint density at radius 1 is 1.04 bits per heavy atom. The van der Waals surface area contributed by atoms with E-state index in [0.29, 0.717) is 0 Å². The number of H-pyrrole nitrogens is 1. The molecule has 0 aromatic carbocycles. The Kier molecular flexibility index (Phi) is 4.60. The number of nitrogens with zero attached hydrogens (tertiary/aromatic N) is 5. The molecule has 3 aromatic heterocycles. The van der Waals surface area contributed by atoms with Gasteiger partial charge < -0.3 is 14.5 Å². The van der Waals surface area contributed by atoms with Crippen molar-refractivity contribution in [1.82, 2.24) is 20.2 Å². The van der Waals surface area contributed by atoms with E-state index in [1.54, 1.807) is 6.20 Å². The van der Waals surface area contributed by atoms with Gasteiger partial charge in [-0.1, -0.05) is 6.92 Å². The molecule has 3 aromatic rings. The van der Waals surface area contributed by atoms with E-state index in [-0.39, 0.29) is 0 Å². The summed E-state index contributed by atoms with van der Waals surface area (Å²) in [5, 5.41) is 8.32. The zero-order valence-corrected chi connectivity index (χ0v) is 16.3. The van der Waals surface area contributed by atoms with Gasteiger partial charge in [0, 0.05) is 55.7 Å². The highest BCUT2D eigenvalue weighted by molar-refractivity contribution is 6.00. The Balaban J connectivity index is 1.67. The van der Waals surface area contributed by atoms with E-state index in [4.69, 9.17) is 9.72 Å². The van der Waals surface area contributed by atoms with Crippen LogP contribution in [0.5, 0.6) is 0 Å². The van der Waals surface area contributed by atoms with Crippen molar-refractivity contribution in [2.75, 3.05) is 49.2 Å². The van der Waals surface area contributed by atoms with E-state index in [2.05, 4.69) is 44.0 Å². The maximum atomic E-state index is 5.54. The van der Waals surface area contributed by atoms with E-state index >= 15 is 0 Å². The van der Waals surface area contributed by atoms with Crippen LogP contribution >= 0.6 is 0 Å². The number of hydrogen-bond donors (Lipinski definition) is 1. The van der Waals surface area contributed by atoms with E-state index in [9.17, 15) is 0 Å². The van der Waals surface area contributed by atoms with Crippen molar-refractivity contribution < 1.29 is 4.74 Å². The fourth-order valence-electron chi connectivity index (χ4n) is 4.17. The molecule has 28 heavy (non-hydrogen) atoms. The lowest BCUT2D eigenvalue weighted by molar-refractivity contribution is 0.122. The zero-order valence-electron chi connectivity index (χ0n) is 16.3. The SMILES string of the molecule is CC1CCN(c2cc(N3CCOCC3)nc3c(-c4ccn[nH]4)nccc23)CC1. The predicted octanol–water partition coefficient (Wildman–Crippen LogP) is 3.09. The highest BCUT2D eigenvalue weighted by Gasteiger charge is 2.23. The molecule has 5 rings (SSSR count). The average molecular weight is 378 g/mol. The van der Waals surface area contributed by atoms with E-state index < -0.39 is 0 Å². The zero-order chi connectivity index (χ0) is 18.9. The number of hydrogen-bond acceptors (Lipinski definition) is 6. The van der Waals surface area contributed by atoms with Crippen molar-refractivity contribution in [2.45, 2.75) is 19.8 Å². The quantitative estimate of drug-likeness (QED) is 0.755. The molecule has 0 amide bonds. The van der Waals surface area contributed by atoms with Gasteiger partial charge in [0.15, 0.2) is 0 Å².